The van der Waals surface area contributed by atoms with Crippen LogP contribution in [0.2, 0.25) is 0 Å². The Morgan fingerprint density at radius 1 is 1.08 bits per heavy atom. The smallest absolute Gasteiger partial charge is 0.230 e. The van der Waals surface area contributed by atoms with E-state index in [1.54, 1.807) is 18.9 Å². The first-order valence-corrected chi connectivity index (χ1v) is 9.45. The second-order valence-corrected chi connectivity index (χ2v) is 6.92. The molecule has 0 fully saturated rings. The van der Waals surface area contributed by atoms with Gasteiger partial charge < -0.3 is 14.8 Å². The molecule has 0 aliphatic heterocycles. The van der Waals surface area contributed by atoms with Crippen LogP contribution in [0, 0.1) is 0 Å². The normalized spacial score (nSPS) is 10.6. The third-order valence-corrected chi connectivity index (χ3v) is 4.42. The highest BCUT2D eigenvalue weighted by Crippen LogP contribution is 2.17. The summed E-state index contributed by atoms with van der Waals surface area (Å²) in [5.74, 6) is 2.95. The predicted octanol–water partition coefficient (Wildman–Crippen LogP) is 4.03. The summed E-state index contributed by atoms with van der Waals surface area (Å²) in [7, 11) is 1.65. The Bertz CT molecular complexity index is 671. The zero-order valence-corrected chi connectivity index (χ0v) is 15.8. The summed E-state index contributed by atoms with van der Waals surface area (Å²) in [6.45, 7) is 4.50. The molecule has 0 saturated carbocycles. The van der Waals surface area contributed by atoms with Gasteiger partial charge in [-0.1, -0.05) is 24.3 Å². The number of nitrogens with one attached hydrogen (secondary N) is 1. The lowest BCUT2D eigenvalue weighted by Crippen LogP contribution is -2.24. The van der Waals surface area contributed by atoms with Gasteiger partial charge in [-0.2, -0.15) is 0 Å². The van der Waals surface area contributed by atoms with Crippen LogP contribution in [0.5, 0.6) is 11.5 Å². The van der Waals surface area contributed by atoms with Gasteiger partial charge in [-0.15, -0.1) is 11.8 Å². The van der Waals surface area contributed by atoms with Gasteiger partial charge in [0.1, 0.15) is 11.5 Å². The quantitative estimate of drug-likeness (QED) is 0.734. The molecule has 0 aliphatic rings. The van der Waals surface area contributed by atoms with Crippen LogP contribution in [0.3, 0.4) is 0 Å². The molecule has 134 valence electrons. The van der Waals surface area contributed by atoms with Crippen LogP contribution in [-0.2, 0) is 17.1 Å². The molecule has 0 unspecified atom stereocenters. The average molecular weight is 359 g/mol. The molecule has 0 aromatic heterocycles. The first kappa shape index (κ1) is 19.2. The van der Waals surface area contributed by atoms with Crippen molar-refractivity contribution in [3.63, 3.8) is 0 Å². The lowest BCUT2D eigenvalue weighted by Gasteiger charge is -2.11. The molecule has 0 atom stereocenters. The standard InChI is InChI=1S/C20H25NO3S/c1-15(2)24-19-6-4-5-17(11-19)12-21-20(22)14-25-13-16-7-9-18(23-3)10-8-16/h4-11,15H,12-14H2,1-3H3,(H,21,22). The van der Waals surface area contributed by atoms with Gasteiger partial charge in [0.25, 0.3) is 0 Å². The van der Waals surface area contributed by atoms with Gasteiger partial charge in [0, 0.05) is 12.3 Å². The van der Waals surface area contributed by atoms with E-state index in [1.807, 2.05) is 62.4 Å². The van der Waals surface area contributed by atoms with E-state index in [-0.39, 0.29) is 12.0 Å². The maximum atomic E-state index is 12.0. The van der Waals surface area contributed by atoms with Crippen molar-refractivity contribution < 1.29 is 14.3 Å². The molecular formula is C20H25NO3S. The molecule has 0 heterocycles. The van der Waals surface area contributed by atoms with Crippen molar-refractivity contribution in [2.45, 2.75) is 32.2 Å². The molecule has 1 amide bonds. The number of ether oxygens (including phenoxy) is 2. The summed E-state index contributed by atoms with van der Waals surface area (Å²) < 4.78 is 10.8. The molecule has 5 heteroatoms. The molecule has 0 aliphatic carbocycles. The summed E-state index contributed by atoms with van der Waals surface area (Å²) >= 11 is 1.60. The lowest BCUT2D eigenvalue weighted by atomic mass is 10.2. The molecule has 2 aromatic carbocycles. The highest BCUT2D eigenvalue weighted by Gasteiger charge is 2.04. The van der Waals surface area contributed by atoms with Crippen LogP contribution >= 0.6 is 11.8 Å². The number of carbonyl (C=O) groups excluding carboxylic acids is 1. The Morgan fingerprint density at radius 3 is 2.52 bits per heavy atom. The van der Waals surface area contributed by atoms with Gasteiger partial charge in [-0.25, -0.2) is 0 Å². The highest BCUT2D eigenvalue weighted by molar-refractivity contribution is 7.99. The number of hydrogen-bond donors (Lipinski definition) is 1. The fourth-order valence-electron chi connectivity index (χ4n) is 2.24. The average Bonchev–Trinajstić information content (AvgIpc) is 2.60. The monoisotopic (exact) mass is 359 g/mol. The molecule has 2 rings (SSSR count). The van der Waals surface area contributed by atoms with E-state index in [0.717, 1.165) is 22.8 Å². The Morgan fingerprint density at radius 2 is 1.84 bits per heavy atom. The largest absolute Gasteiger partial charge is 0.497 e. The van der Waals surface area contributed by atoms with Crippen LogP contribution in [0.15, 0.2) is 48.5 Å². The third-order valence-electron chi connectivity index (χ3n) is 3.42. The zero-order chi connectivity index (χ0) is 18.1. The predicted molar refractivity (Wildman–Crippen MR) is 103 cm³/mol. The summed E-state index contributed by atoms with van der Waals surface area (Å²) in [6, 6.07) is 15.7. The van der Waals surface area contributed by atoms with Gasteiger partial charge in [-0.3, -0.25) is 4.79 Å². The number of amides is 1. The van der Waals surface area contributed by atoms with Crippen molar-refractivity contribution in [2.75, 3.05) is 12.9 Å². The van der Waals surface area contributed by atoms with Crippen molar-refractivity contribution in [3.8, 4) is 11.5 Å². The molecule has 25 heavy (non-hydrogen) atoms. The van der Waals surface area contributed by atoms with E-state index in [4.69, 9.17) is 9.47 Å². The molecule has 0 radical (unpaired) electrons. The minimum atomic E-state index is 0.0358. The molecule has 0 saturated heterocycles. The number of hydrogen-bond acceptors (Lipinski definition) is 4. The van der Waals surface area contributed by atoms with E-state index < -0.39 is 0 Å². The minimum Gasteiger partial charge on any atom is -0.497 e. The second kappa shape index (κ2) is 9.99. The Kier molecular flexibility index (Phi) is 7.67. The fraction of sp³-hybridized carbons (Fsp3) is 0.350. The number of benzene rings is 2. The molecule has 4 nitrogen and oxygen atoms in total. The van der Waals surface area contributed by atoms with Gasteiger partial charge >= 0.3 is 0 Å². The maximum absolute atomic E-state index is 12.0. The Labute approximate surface area is 153 Å². The molecule has 0 bridgehead atoms. The summed E-state index contributed by atoms with van der Waals surface area (Å²) in [6.07, 6.45) is 0.138. The number of rotatable bonds is 9. The first-order valence-electron chi connectivity index (χ1n) is 8.30. The van der Waals surface area contributed by atoms with E-state index in [1.165, 1.54) is 5.56 Å². The molecular weight excluding hydrogens is 334 g/mol. The zero-order valence-electron chi connectivity index (χ0n) is 15.0. The van der Waals surface area contributed by atoms with Gasteiger partial charge in [0.2, 0.25) is 5.91 Å². The van der Waals surface area contributed by atoms with Crippen molar-refractivity contribution in [1.82, 2.24) is 5.32 Å². The van der Waals surface area contributed by atoms with Gasteiger partial charge in [-0.05, 0) is 49.2 Å². The van der Waals surface area contributed by atoms with Crippen molar-refractivity contribution in [3.05, 3.63) is 59.7 Å². The topological polar surface area (TPSA) is 47.6 Å². The fourth-order valence-corrected chi connectivity index (χ4v) is 3.05. The summed E-state index contributed by atoms with van der Waals surface area (Å²) in [4.78, 5) is 12.0. The van der Waals surface area contributed by atoms with Crippen LogP contribution in [0.25, 0.3) is 0 Å². The van der Waals surface area contributed by atoms with Crippen LogP contribution < -0.4 is 14.8 Å². The van der Waals surface area contributed by atoms with Crippen LogP contribution in [-0.4, -0.2) is 24.9 Å². The van der Waals surface area contributed by atoms with Gasteiger partial charge in [0.15, 0.2) is 0 Å². The third kappa shape index (κ3) is 7.10. The van der Waals surface area contributed by atoms with Crippen molar-refractivity contribution in [2.24, 2.45) is 0 Å². The van der Waals surface area contributed by atoms with E-state index in [0.29, 0.717) is 12.3 Å². The van der Waals surface area contributed by atoms with Crippen molar-refractivity contribution in [1.29, 1.82) is 0 Å². The SMILES string of the molecule is COc1ccc(CSCC(=O)NCc2cccc(OC(C)C)c2)cc1. The number of carbonyl (C=O) groups is 1. The maximum Gasteiger partial charge on any atom is 0.230 e. The van der Waals surface area contributed by atoms with Gasteiger partial charge in [0.05, 0.1) is 19.0 Å². The number of thioether (sulfide) groups is 1. The Balaban J connectivity index is 1.71. The minimum absolute atomic E-state index is 0.0358. The summed E-state index contributed by atoms with van der Waals surface area (Å²) in [5, 5.41) is 2.95. The second-order valence-electron chi connectivity index (χ2n) is 5.93. The Hall–Kier alpha value is -2.14. The summed E-state index contributed by atoms with van der Waals surface area (Å²) in [5.41, 5.74) is 2.21. The van der Waals surface area contributed by atoms with Crippen LogP contribution in [0.1, 0.15) is 25.0 Å². The molecule has 1 N–H and O–H groups in total. The van der Waals surface area contributed by atoms with E-state index >= 15 is 0 Å². The number of methoxy groups -OCH3 is 1. The van der Waals surface area contributed by atoms with E-state index in [9.17, 15) is 4.79 Å². The molecule has 0 spiro atoms. The first-order chi connectivity index (χ1) is 12.1. The lowest BCUT2D eigenvalue weighted by molar-refractivity contribution is -0.118. The van der Waals surface area contributed by atoms with Crippen molar-refractivity contribution >= 4 is 17.7 Å². The molecule has 2 aromatic rings. The van der Waals surface area contributed by atoms with E-state index in [2.05, 4.69) is 5.32 Å². The highest BCUT2D eigenvalue weighted by atomic mass is 32.2. The van der Waals surface area contributed by atoms with Crippen LogP contribution in [0.4, 0.5) is 0 Å².